The molecule has 0 saturated heterocycles. The van der Waals surface area contributed by atoms with Crippen molar-refractivity contribution in [3.05, 3.63) is 41.2 Å². The van der Waals surface area contributed by atoms with Gasteiger partial charge in [-0.05, 0) is 49.1 Å². The van der Waals surface area contributed by atoms with Crippen LogP contribution in [0.1, 0.15) is 38.2 Å². The highest BCUT2D eigenvalue weighted by Gasteiger charge is 2.19. The van der Waals surface area contributed by atoms with Gasteiger partial charge in [-0.1, -0.05) is 19.4 Å². The molecule has 116 valence electrons. The average molecular weight is 300 g/mol. The van der Waals surface area contributed by atoms with Crippen LogP contribution in [0, 0.1) is 0 Å². The highest BCUT2D eigenvalue weighted by atomic mass is 16.7. The molecule has 1 aromatic carbocycles. The van der Waals surface area contributed by atoms with E-state index < -0.39 is 0 Å². The van der Waals surface area contributed by atoms with Gasteiger partial charge in [-0.2, -0.15) is 0 Å². The van der Waals surface area contributed by atoms with Crippen LogP contribution in [0.15, 0.2) is 35.6 Å². The molecular formula is C18H20O4. The van der Waals surface area contributed by atoms with Gasteiger partial charge in [0.1, 0.15) is 0 Å². The Morgan fingerprint density at radius 2 is 2.09 bits per heavy atom. The quantitative estimate of drug-likeness (QED) is 0.775. The lowest BCUT2D eigenvalue weighted by atomic mass is 10.00. The summed E-state index contributed by atoms with van der Waals surface area (Å²) in [6.45, 7) is 2.95. The fourth-order valence-corrected chi connectivity index (χ4v) is 2.60. The lowest BCUT2D eigenvalue weighted by molar-refractivity contribution is -0.115. The Morgan fingerprint density at radius 3 is 2.86 bits per heavy atom. The predicted octanol–water partition coefficient (Wildman–Crippen LogP) is 3.86. The number of hydrogen-bond acceptors (Lipinski definition) is 4. The van der Waals surface area contributed by atoms with Gasteiger partial charge in [0.25, 0.3) is 0 Å². The Bertz CT molecular complexity index is 628. The molecule has 0 fully saturated rings. The van der Waals surface area contributed by atoms with Gasteiger partial charge in [-0.3, -0.25) is 4.79 Å². The fraction of sp³-hybridized carbons (Fsp3) is 0.389. The fourth-order valence-electron chi connectivity index (χ4n) is 2.60. The Labute approximate surface area is 130 Å². The minimum Gasteiger partial charge on any atom is -0.490 e. The van der Waals surface area contributed by atoms with E-state index in [1.165, 1.54) is 0 Å². The third kappa shape index (κ3) is 3.16. The molecule has 1 aromatic rings. The van der Waals surface area contributed by atoms with Crippen molar-refractivity contribution in [2.24, 2.45) is 0 Å². The number of hydrogen-bond donors (Lipinski definition) is 0. The van der Waals surface area contributed by atoms with Crippen molar-refractivity contribution in [2.45, 2.75) is 32.6 Å². The standard InChI is InChI=1S/C18H20O4/c1-2-5-14(18(19)16-6-3-4-9-20-16)10-13-7-8-15-17(11-13)22-12-21-15/h6-8,10-11H,2-5,9,12H2,1H3/b14-10+. The Balaban J connectivity index is 1.86. The van der Waals surface area contributed by atoms with Crippen LogP contribution in [-0.2, 0) is 9.53 Å². The van der Waals surface area contributed by atoms with Crippen LogP contribution >= 0.6 is 0 Å². The van der Waals surface area contributed by atoms with E-state index in [1.807, 2.05) is 30.4 Å². The summed E-state index contributed by atoms with van der Waals surface area (Å²) in [5, 5.41) is 0. The van der Waals surface area contributed by atoms with Gasteiger partial charge < -0.3 is 14.2 Å². The summed E-state index contributed by atoms with van der Waals surface area (Å²) in [4.78, 5) is 12.6. The number of benzene rings is 1. The number of carbonyl (C=O) groups excluding carboxylic acids is 1. The molecule has 3 rings (SSSR count). The molecule has 22 heavy (non-hydrogen) atoms. The molecule has 4 nitrogen and oxygen atoms in total. The van der Waals surface area contributed by atoms with Crippen LogP contribution in [0.25, 0.3) is 6.08 Å². The van der Waals surface area contributed by atoms with Gasteiger partial charge in [0, 0.05) is 5.57 Å². The average Bonchev–Trinajstić information content (AvgIpc) is 3.02. The number of Topliss-reactive ketones (excluding diaryl/α,β-unsaturated/α-hetero) is 1. The second-order valence-electron chi connectivity index (χ2n) is 5.42. The van der Waals surface area contributed by atoms with E-state index in [0.717, 1.165) is 48.3 Å². The van der Waals surface area contributed by atoms with Crippen LogP contribution in [-0.4, -0.2) is 19.2 Å². The number of ether oxygens (including phenoxy) is 3. The molecule has 0 spiro atoms. The molecule has 2 aliphatic heterocycles. The van der Waals surface area contributed by atoms with Gasteiger partial charge in [0.05, 0.1) is 6.61 Å². The molecule has 0 atom stereocenters. The molecule has 0 N–H and O–H groups in total. The lowest BCUT2D eigenvalue weighted by Crippen LogP contribution is -2.13. The molecular weight excluding hydrogens is 280 g/mol. The number of carbonyl (C=O) groups is 1. The SMILES string of the molecule is CCC/C(=C\c1ccc2c(c1)OCO2)C(=O)C1=CCCCO1. The van der Waals surface area contributed by atoms with Gasteiger partial charge in [0.2, 0.25) is 12.6 Å². The predicted molar refractivity (Wildman–Crippen MR) is 83.7 cm³/mol. The molecule has 2 aliphatic rings. The largest absolute Gasteiger partial charge is 0.490 e. The van der Waals surface area contributed by atoms with Crippen molar-refractivity contribution < 1.29 is 19.0 Å². The Kier molecular flexibility index (Phi) is 4.47. The first-order chi connectivity index (χ1) is 10.8. The van der Waals surface area contributed by atoms with E-state index in [-0.39, 0.29) is 12.6 Å². The van der Waals surface area contributed by atoms with Crippen molar-refractivity contribution in [3.63, 3.8) is 0 Å². The highest BCUT2D eigenvalue weighted by Crippen LogP contribution is 2.33. The summed E-state index contributed by atoms with van der Waals surface area (Å²) in [6, 6.07) is 5.71. The number of fused-ring (bicyclic) bond motifs is 1. The van der Waals surface area contributed by atoms with Crippen LogP contribution in [0.3, 0.4) is 0 Å². The van der Waals surface area contributed by atoms with Crippen LogP contribution < -0.4 is 9.47 Å². The zero-order chi connectivity index (χ0) is 15.4. The van der Waals surface area contributed by atoms with Crippen LogP contribution in [0.2, 0.25) is 0 Å². The van der Waals surface area contributed by atoms with Gasteiger partial charge in [0.15, 0.2) is 17.3 Å². The minimum atomic E-state index is -0.000725. The number of rotatable bonds is 5. The molecule has 0 unspecified atom stereocenters. The molecule has 0 aromatic heterocycles. The zero-order valence-corrected chi connectivity index (χ0v) is 12.8. The zero-order valence-electron chi connectivity index (χ0n) is 12.8. The topological polar surface area (TPSA) is 44.8 Å². The smallest absolute Gasteiger partial charge is 0.231 e. The monoisotopic (exact) mass is 300 g/mol. The maximum absolute atomic E-state index is 12.6. The molecule has 2 heterocycles. The first kappa shape index (κ1) is 14.7. The highest BCUT2D eigenvalue weighted by molar-refractivity contribution is 6.09. The number of allylic oxidation sites excluding steroid dienone is 2. The third-order valence-corrected chi connectivity index (χ3v) is 3.71. The first-order valence-corrected chi connectivity index (χ1v) is 7.76. The van der Waals surface area contributed by atoms with Crippen molar-refractivity contribution >= 4 is 11.9 Å². The minimum absolute atomic E-state index is 0.000725. The third-order valence-electron chi connectivity index (χ3n) is 3.71. The van der Waals surface area contributed by atoms with E-state index >= 15 is 0 Å². The van der Waals surface area contributed by atoms with E-state index in [0.29, 0.717) is 12.4 Å². The summed E-state index contributed by atoms with van der Waals surface area (Å²) in [6.07, 6.45) is 7.35. The van der Waals surface area contributed by atoms with Crippen LogP contribution in [0.4, 0.5) is 0 Å². The molecule has 4 heteroatoms. The molecule has 0 saturated carbocycles. The van der Waals surface area contributed by atoms with Crippen molar-refractivity contribution in [1.29, 1.82) is 0 Å². The molecule has 0 aliphatic carbocycles. The maximum Gasteiger partial charge on any atom is 0.231 e. The van der Waals surface area contributed by atoms with Crippen LogP contribution in [0.5, 0.6) is 11.5 Å². The summed E-state index contributed by atoms with van der Waals surface area (Å²) in [5.74, 6) is 1.97. The van der Waals surface area contributed by atoms with E-state index in [4.69, 9.17) is 14.2 Å². The number of ketones is 1. The second-order valence-corrected chi connectivity index (χ2v) is 5.42. The van der Waals surface area contributed by atoms with Gasteiger partial charge in [-0.25, -0.2) is 0 Å². The first-order valence-electron chi connectivity index (χ1n) is 7.76. The summed E-state index contributed by atoms with van der Waals surface area (Å²) < 4.78 is 16.2. The van der Waals surface area contributed by atoms with E-state index in [1.54, 1.807) is 0 Å². The molecule has 0 bridgehead atoms. The summed E-state index contributed by atoms with van der Waals surface area (Å²) in [5.41, 5.74) is 1.71. The van der Waals surface area contributed by atoms with Gasteiger partial charge in [-0.15, -0.1) is 0 Å². The lowest BCUT2D eigenvalue weighted by Gasteiger charge is -2.15. The van der Waals surface area contributed by atoms with Crippen molar-refractivity contribution in [3.8, 4) is 11.5 Å². The molecule has 0 radical (unpaired) electrons. The second kappa shape index (κ2) is 6.69. The summed E-state index contributed by atoms with van der Waals surface area (Å²) >= 11 is 0. The van der Waals surface area contributed by atoms with Crippen molar-refractivity contribution in [2.75, 3.05) is 13.4 Å². The van der Waals surface area contributed by atoms with E-state index in [2.05, 4.69) is 6.92 Å². The van der Waals surface area contributed by atoms with Gasteiger partial charge >= 0.3 is 0 Å². The maximum atomic E-state index is 12.6. The normalized spacial score (nSPS) is 17.0. The molecule has 0 amide bonds. The summed E-state index contributed by atoms with van der Waals surface area (Å²) in [7, 11) is 0. The Morgan fingerprint density at radius 1 is 1.23 bits per heavy atom. The Hall–Kier alpha value is -2.23. The van der Waals surface area contributed by atoms with Crippen molar-refractivity contribution in [1.82, 2.24) is 0 Å². The van der Waals surface area contributed by atoms with E-state index in [9.17, 15) is 4.79 Å².